The van der Waals surface area contributed by atoms with Crippen LogP contribution in [0.5, 0.6) is 5.75 Å². The van der Waals surface area contributed by atoms with Gasteiger partial charge in [-0.2, -0.15) is 5.26 Å². The SMILES string of the molecule is CC(=O)N1CCC[C@H](Oc2ccc(NC(=O)[C@@H](NCCc3ccc(C#N)cc3)c3ccccc3)nc2)C1. The van der Waals surface area contributed by atoms with Gasteiger partial charge >= 0.3 is 0 Å². The summed E-state index contributed by atoms with van der Waals surface area (Å²) >= 11 is 0. The number of benzene rings is 2. The third kappa shape index (κ3) is 7.38. The highest BCUT2D eigenvalue weighted by atomic mass is 16.5. The maximum absolute atomic E-state index is 13.2. The molecule has 4 rings (SSSR count). The maximum Gasteiger partial charge on any atom is 0.247 e. The van der Waals surface area contributed by atoms with E-state index in [4.69, 9.17) is 10.00 Å². The van der Waals surface area contributed by atoms with E-state index in [-0.39, 0.29) is 17.9 Å². The van der Waals surface area contributed by atoms with Gasteiger partial charge in [-0.1, -0.05) is 42.5 Å². The second-order valence-electron chi connectivity index (χ2n) is 9.07. The molecule has 2 amide bonds. The van der Waals surface area contributed by atoms with E-state index < -0.39 is 6.04 Å². The molecule has 2 atom stereocenters. The first-order valence-electron chi connectivity index (χ1n) is 12.5. The molecule has 1 aromatic heterocycles. The minimum atomic E-state index is -0.558. The second-order valence-corrected chi connectivity index (χ2v) is 9.07. The summed E-state index contributed by atoms with van der Waals surface area (Å²) in [6.45, 7) is 3.49. The largest absolute Gasteiger partial charge is 0.487 e. The monoisotopic (exact) mass is 497 g/mol. The van der Waals surface area contributed by atoms with Gasteiger partial charge in [0.15, 0.2) is 0 Å². The van der Waals surface area contributed by atoms with E-state index in [1.165, 1.54) is 0 Å². The molecular formula is C29H31N5O3. The van der Waals surface area contributed by atoms with Crippen LogP contribution < -0.4 is 15.4 Å². The Labute approximate surface area is 217 Å². The first-order chi connectivity index (χ1) is 18.0. The Hall–Kier alpha value is -4.22. The number of carbonyl (C=O) groups excluding carboxylic acids is 2. The Balaban J connectivity index is 1.35. The van der Waals surface area contributed by atoms with Gasteiger partial charge < -0.3 is 20.3 Å². The average molecular weight is 498 g/mol. The molecule has 1 aliphatic heterocycles. The van der Waals surface area contributed by atoms with Crippen LogP contribution in [0.3, 0.4) is 0 Å². The molecule has 8 nitrogen and oxygen atoms in total. The molecule has 0 saturated carbocycles. The van der Waals surface area contributed by atoms with Gasteiger partial charge in [0, 0.05) is 20.0 Å². The molecule has 2 N–H and O–H groups in total. The number of piperidine rings is 1. The molecular weight excluding hydrogens is 466 g/mol. The zero-order valence-electron chi connectivity index (χ0n) is 20.9. The second kappa shape index (κ2) is 12.7. The number of hydrogen-bond acceptors (Lipinski definition) is 6. The summed E-state index contributed by atoms with van der Waals surface area (Å²) in [7, 11) is 0. The van der Waals surface area contributed by atoms with Crippen molar-refractivity contribution < 1.29 is 14.3 Å². The predicted molar refractivity (Wildman–Crippen MR) is 141 cm³/mol. The van der Waals surface area contributed by atoms with Crippen LogP contribution in [0.15, 0.2) is 72.9 Å². The number of nitrogens with zero attached hydrogens (tertiary/aromatic N) is 3. The highest BCUT2D eigenvalue weighted by Crippen LogP contribution is 2.20. The van der Waals surface area contributed by atoms with Gasteiger partial charge in [-0.05, 0) is 54.7 Å². The lowest BCUT2D eigenvalue weighted by atomic mass is 10.1. The first kappa shape index (κ1) is 25.9. The van der Waals surface area contributed by atoms with E-state index in [2.05, 4.69) is 21.7 Å². The Morgan fingerprint density at radius 2 is 1.92 bits per heavy atom. The van der Waals surface area contributed by atoms with Crippen molar-refractivity contribution in [1.82, 2.24) is 15.2 Å². The van der Waals surface area contributed by atoms with Crippen LogP contribution in [0.1, 0.15) is 42.5 Å². The highest BCUT2D eigenvalue weighted by molar-refractivity contribution is 5.94. The molecule has 1 fully saturated rings. The molecule has 37 heavy (non-hydrogen) atoms. The van der Waals surface area contributed by atoms with Crippen LogP contribution in [0.25, 0.3) is 0 Å². The van der Waals surface area contributed by atoms with Gasteiger partial charge in [-0.3, -0.25) is 9.59 Å². The van der Waals surface area contributed by atoms with Gasteiger partial charge in [-0.15, -0.1) is 0 Å². The Morgan fingerprint density at radius 3 is 2.59 bits per heavy atom. The number of rotatable bonds is 9. The van der Waals surface area contributed by atoms with Crippen molar-refractivity contribution in [2.24, 2.45) is 0 Å². The van der Waals surface area contributed by atoms with Crippen LogP contribution in [0.4, 0.5) is 5.82 Å². The molecule has 0 radical (unpaired) electrons. The minimum Gasteiger partial charge on any atom is -0.487 e. The summed E-state index contributed by atoms with van der Waals surface area (Å²) in [5.74, 6) is 0.884. The lowest BCUT2D eigenvalue weighted by molar-refractivity contribution is -0.131. The normalized spacial score (nSPS) is 15.9. The quantitative estimate of drug-likeness (QED) is 0.465. The fraction of sp³-hybridized carbons (Fsp3) is 0.310. The van der Waals surface area contributed by atoms with Crippen LogP contribution in [-0.2, 0) is 16.0 Å². The molecule has 0 bridgehead atoms. The Kier molecular flexibility index (Phi) is 8.84. The average Bonchev–Trinajstić information content (AvgIpc) is 2.93. The van der Waals surface area contributed by atoms with Gasteiger partial charge in [0.25, 0.3) is 0 Å². The Morgan fingerprint density at radius 1 is 1.14 bits per heavy atom. The number of pyridine rings is 1. The van der Waals surface area contributed by atoms with Crippen molar-refractivity contribution in [3.05, 3.63) is 89.6 Å². The fourth-order valence-corrected chi connectivity index (χ4v) is 4.35. The number of aromatic nitrogens is 1. The van der Waals surface area contributed by atoms with Crippen LogP contribution in [0.2, 0.25) is 0 Å². The molecule has 0 spiro atoms. The molecule has 1 saturated heterocycles. The van der Waals surface area contributed by atoms with Crippen molar-refractivity contribution in [1.29, 1.82) is 5.26 Å². The Bertz CT molecular complexity index is 1220. The standard InChI is InChI=1S/C29H31N5O3/c1-21(35)34-17-5-8-26(20-34)37-25-13-14-27(32-19-25)33-29(36)28(24-6-3-2-4-7-24)31-16-15-22-9-11-23(18-30)12-10-22/h2-4,6-7,9-14,19,26,28,31H,5,8,15-17,20H2,1H3,(H,32,33,36)/t26-,28-/m0/s1. The number of nitrogens with one attached hydrogen (secondary N) is 2. The lowest BCUT2D eigenvalue weighted by Crippen LogP contribution is -2.43. The van der Waals surface area contributed by atoms with Gasteiger partial charge in [0.05, 0.1) is 24.4 Å². The minimum absolute atomic E-state index is 0.0583. The smallest absolute Gasteiger partial charge is 0.247 e. The van der Waals surface area contributed by atoms with E-state index in [9.17, 15) is 9.59 Å². The summed E-state index contributed by atoms with van der Waals surface area (Å²) in [5, 5.41) is 15.2. The van der Waals surface area contributed by atoms with Crippen molar-refractivity contribution >= 4 is 17.6 Å². The van der Waals surface area contributed by atoms with Crippen molar-refractivity contribution in [3.63, 3.8) is 0 Å². The molecule has 190 valence electrons. The van der Waals surface area contributed by atoms with E-state index in [1.807, 2.05) is 42.5 Å². The van der Waals surface area contributed by atoms with Crippen molar-refractivity contribution in [2.45, 2.75) is 38.3 Å². The van der Waals surface area contributed by atoms with Gasteiger partial charge in [0.2, 0.25) is 11.8 Å². The number of nitriles is 1. The summed E-state index contributed by atoms with van der Waals surface area (Å²) < 4.78 is 6.02. The van der Waals surface area contributed by atoms with Crippen LogP contribution in [0, 0.1) is 11.3 Å². The number of hydrogen-bond donors (Lipinski definition) is 2. The zero-order chi connectivity index (χ0) is 26.0. The fourth-order valence-electron chi connectivity index (χ4n) is 4.35. The number of likely N-dealkylation sites (tertiary alicyclic amines) is 1. The number of ether oxygens (including phenoxy) is 1. The molecule has 3 aromatic rings. The van der Waals surface area contributed by atoms with Crippen molar-refractivity contribution in [2.75, 3.05) is 25.0 Å². The number of amides is 2. The lowest BCUT2D eigenvalue weighted by Gasteiger charge is -2.32. The summed E-state index contributed by atoms with van der Waals surface area (Å²) in [6, 6.07) is 22.1. The molecule has 8 heteroatoms. The number of anilines is 1. The maximum atomic E-state index is 13.2. The van der Waals surface area contributed by atoms with Gasteiger partial charge in [0.1, 0.15) is 23.7 Å². The van der Waals surface area contributed by atoms with E-state index in [0.717, 1.165) is 36.9 Å². The molecule has 2 heterocycles. The van der Waals surface area contributed by atoms with Crippen LogP contribution >= 0.6 is 0 Å². The zero-order valence-corrected chi connectivity index (χ0v) is 20.9. The topological polar surface area (TPSA) is 107 Å². The van der Waals surface area contributed by atoms with Gasteiger partial charge in [-0.25, -0.2) is 4.98 Å². The molecule has 0 unspecified atom stereocenters. The number of carbonyl (C=O) groups is 2. The summed E-state index contributed by atoms with van der Waals surface area (Å²) in [4.78, 5) is 31.1. The molecule has 0 aliphatic carbocycles. The first-order valence-corrected chi connectivity index (χ1v) is 12.5. The highest BCUT2D eigenvalue weighted by Gasteiger charge is 2.23. The summed E-state index contributed by atoms with van der Waals surface area (Å²) in [5.41, 5.74) is 2.56. The van der Waals surface area contributed by atoms with E-state index in [0.29, 0.717) is 30.2 Å². The third-order valence-corrected chi connectivity index (χ3v) is 6.35. The summed E-state index contributed by atoms with van der Waals surface area (Å²) in [6.07, 6.45) is 4.04. The molecule has 1 aliphatic rings. The van der Waals surface area contributed by atoms with Crippen molar-refractivity contribution in [3.8, 4) is 11.8 Å². The van der Waals surface area contributed by atoms with E-state index in [1.54, 1.807) is 42.3 Å². The third-order valence-electron chi connectivity index (χ3n) is 6.35. The predicted octanol–water partition coefficient (Wildman–Crippen LogP) is 3.86. The molecule has 2 aromatic carbocycles. The van der Waals surface area contributed by atoms with Crippen LogP contribution in [-0.4, -0.2) is 47.4 Å². The van der Waals surface area contributed by atoms with E-state index >= 15 is 0 Å².